The summed E-state index contributed by atoms with van der Waals surface area (Å²) in [4.78, 5) is 0.704. The molecule has 0 spiro atoms. The molecule has 1 unspecified atom stereocenters. The molecule has 1 aromatic rings. The zero-order valence-corrected chi connectivity index (χ0v) is 8.35. The van der Waals surface area contributed by atoms with Crippen LogP contribution in [-0.2, 0) is 10.8 Å². The molecule has 1 rings (SSSR count). The normalized spacial score (nSPS) is 11.2. The third-order valence-electron chi connectivity index (χ3n) is 1.47. The lowest BCUT2D eigenvalue weighted by Gasteiger charge is -1.98. The summed E-state index contributed by atoms with van der Waals surface area (Å²) >= 11 is 0. The molecule has 0 aromatic heterocycles. The van der Waals surface area contributed by atoms with Crippen molar-refractivity contribution in [2.75, 3.05) is 7.11 Å². The van der Waals surface area contributed by atoms with Gasteiger partial charge in [0, 0.05) is 5.25 Å². The second kappa shape index (κ2) is 4.68. The standard InChI is InChI=1S/C10H10O2S/c1-3-8-13(11)10-6-4-9(12-2)5-7-10/h4-7H,1-2H3. The Kier molecular flexibility index (Phi) is 3.53. The SMILES string of the molecule is CC#CS(=O)c1ccc(OC)cc1. The Labute approximate surface area is 80.4 Å². The van der Waals surface area contributed by atoms with Gasteiger partial charge in [0.15, 0.2) is 0 Å². The summed E-state index contributed by atoms with van der Waals surface area (Å²) in [6.07, 6.45) is 0. The zero-order valence-electron chi connectivity index (χ0n) is 7.53. The fraction of sp³-hybridized carbons (Fsp3) is 0.200. The van der Waals surface area contributed by atoms with Crippen LogP contribution in [0.15, 0.2) is 29.2 Å². The summed E-state index contributed by atoms with van der Waals surface area (Å²) in [6, 6.07) is 7.04. The number of benzene rings is 1. The molecule has 2 nitrogen and oxygen atoms in total. The molecular formula is C10H10O2S. The summed E-state index contributed by atoms with van der Waals surface area (Å²) in [6.45, 7) is 1.67. The summed E-state index contributed by atoms with van der Waals surface area (Å²) in [5.41, 5.74) is 0. The molecule has 0 bridgehead atoms. The van der Waals surface area contributed by atoms with E-state index in [1.807, 2.05) is 0 Å². The van der Waals surface area contributed by atoms with Crippen molar-refractivity contribution < 1.29 is 8.95 Å². The van der Waals surface area contributed by atoms with Crippen LogP contribution in [0.3, 0.4) is 0 Å². The van der Waals surface area contributed by atoms with Crippen molar-refractivity contribution in [3.63, 3.8) is 0 Å². The van der Waals surface area contributed by atoms with Crippen molar-refractivity contribution in [2.24, 2.45) is 0 Å². The van der Waals surface area contributed by atoms with Gasteiger partial charge in [-0.1, -0.05) is 5.92 Å². The Balaban J connectivity index is 2.90. The van der Waals surface area contributed by atoms with Gasteiger partial charge in [-0.3, -0.25) is 0 Å². The molecule has 0 aliphatic rings. The van der Waals surface area contributed by atoms with E-state index in [0.717, 1.165) is 5.75 Å². The number of methoxy groups -OCH3 is 1. The summed E-state index contributed by atoms with van der Waals surface area (Å²) in [5.74, 6) is 3.37. The monoisotopic (exact) mass is 194 g/mol. The largest absolute Gasteiger partial charge is 0.497 e. The van der Waals surface area contributed by atoms with Crippen LogP contribution in [0.5, 0.6) is 5.75 Å². The molecule has 0 saturated carbocycles. The molecule has 0 aliphatic carbocycles. The Hall–Kier alpha value is -1.27. The number of hydrogen-bond donors (Lipinski definition) is 0. The maximum absolute atomic E-state index is 11.3. The van der Waals surface area contributed by atoms with E-state index < -0.39 is 10.8 Å². The average molecular weight is 194 g/mol. The van der Waals surface area contributed by atoms with Crippen LogP contribution in [0.2, 0.25) is 0 Å². The first kappa shape index (κ1) is 9.82. The first-order valence-corrected chi connectivity index (χ1v) is 4.91. The minimum Gasteiger partial charge on any atom is -0.497 e. The predicted octanol–water partition coefficient (Wildman–Crippen LogP) is 1.78. The minimum absolute atomic E-state index is 0.704. The van der Waals surface area contributed by atoms with Gasteiger partial charge in [0.1, 0.15) is 16.5 Å². The first-order valence-electron chi connectivity index (χ1n) is 3.76. The van der Waals surface area contributed by atoms with Crippen LogP contribution in [-0.4, -0.2) is 11.3 Å². The molecule has 0 aliphatic heterocycles. The Morgan fingerprint density at radius 2 is 1.92 bits per heavy atom. The van der Waals surface area contributed by atoms with E-state index in [1.165, 1.54) is 0 Å². The lowest BCUT2D eigenvalue weighted by Crippen LogP contribution is -1.87. The second-order valence-electron chi connectivity index (χ2n) is 2.30. The van der Waals surface area contributed by atoms with Gasteiger partial charge in [0.05, 0.1) is 12.0 Å². The molecule has 68 valence electrons. The minimum atomic E-state index is -1.21. The van der Waals surface area contributed by atoms with Gasteiger partial charge in [-0.2, -0.15) is 0 Å². The van der Waals surface area contributed by atoms with Gasteiger partial charge < -0.3 is 4.74 Å². The van der Waals surface area contributed by atoms with Crippen molar-refractivity contribution in [1.82, 2.24) is 0 Å². The van der Waals surface area contributed by atoms with Crippen LogP contribution in [0.1, 0.15) is 6.92 Å². The molecule has 0 radical (unpaired) electrons. The van der Waals surface area contributed by atoms with Crippen molar-refractivity contribution in [3.05, 3.63) is 24.3 Å². The molecule has 0 saturated heterocycles. The van der Waals surface area contributed by atoms with Crippen molar-refractivity contribution in [2.45, 2.75) is 11.8 Å². The van der Waals surface area contributed by atoms with E-state index in [-0.39, 0.29) is 0 Å². The highest BCUT2D eigenvalue weighted by Crippen LogP contribution is 2.13. The first-order chi connectivity index (χ1) is 6.27. The Morgan fingerprint density at radius 1 is 1.31 bits per heavy atom. The van der Waals surface area contributed by atoms with Crippen LogP contribution in [0.25, 0.3) is 0 Å². The zero-order chi connectivity index (χ0) is 9.68. The van der Waals surface area contributed by atoms with E-state index in [2.05, 4.69) is 11.2 Å². The fourth-order valence-electron chi connectivity index (χ4n) is 0.851. The quantitative estimate of drug-likeness (QED) is 0.671. The van der Waals surface area contributed by atoms with Crippen molar-refractivity contribution >= 4 is 10.8 Å². The molecule has 0 fully saturated rings. The summed E-state index contributed by atoms with van der Waals surface area (Å²) < 4.78 is 16.3. The van der Waals surface area contributed by atoms with E-state index in [9.17, 15) is 4.21 Å². The van der Waals surface area contributed by atoms with Crippen molar-refractivity contribution in [3.8, 4) is 16.9 Å². The molecular weight excluding hydrogens is 184 g/mol. The topological polar surface area (TPSA) is 26.3 Å². The van der Waals surface area contributed by atoms with Crippen LogP contribution in [0.4, 0.5) is 0 Å². The Morgan fingerprint density at radius 3 is 2.38 bits per heavy atom. The Bertz CT molecular complexity index is 357. The average Bonchev–Trinajstić information content (AvgIpc) is 2.18. The molecule has 13 heavy (non-hydrogen) atoms. The molecule has 1 aromatic carbocycles. The highest BCUT2D eigenvalue weighted by Gasteiger charge is 1.99. The highest BCUT2D eigenvalue weighted by molar-refractivity contribution is 7.89. The second-order valence-corrected chi connectivity index (χ2v) is 3.51. The molecule has 3 heteroatoms. The lowest BCUT2D eigenvalue weighted by molar-refractivity contribution is 0.414. The predicted molar refractivity (Wildman–Crippen MR) is 52.9 cm³/mol. The van der Waals surface area contributed by atoms with Gasteiger partial charge in [-0.25, -0.2) is 4.21 Å². The molecule has 0 N–H and O–H groups in total. The molecule has 0 heterocycles. The van der Waals surface area contributed by atoms with Crippen LogP contribution < -0.4 is 4.74 Å². The van der Waals surface area contributed by atoms with E-state index >= 15 is 0 Å². The third kappa shape index (κ3) is 2.60. The summed E-state index contributed by atoms with van der Waals surface area (Å²) in [5, 5.41) is 2.58. The number of rotatable bonds is 2. The maximum atomic E-state index is 11.3. The van der Waals surface area contributed by atoms with Crippen LogP contribution >= 0.6 is 0 Å². The lowest BCUT2D eigenvalue weighted by atomic mass is 10.3. The maximum Gasteiger partial charge on any atom is 0.130 e. The fourth-order valence-corrected chi connectivity index (χ4v) is 1.54. The van der Waals surface area contributed by atoms with E-state index in [1.54, 1.807) is 38.3 Å². The van der Waals surface area contributed by atoms with Gasteiger partial charge in [-0.05, 0) is 31.2 Å². The number of hydrogen-bond acceptors (Lipinski definition) is 2. The smallest absolute Gasteiger partial charge is 0.130 e. The van der Waals surface area contributed by atoms with Crippen molar-refractivity contribution in [1.29, 1.82) is 0 Å². The molecule has 1 atom stereocenters. The van der Waals surface area contributed by atoms with Gasteiger partial charge >= 0.3 is 0 Å². The van der Waals surface area contributed by atoms with E-state index in [0.29, 0.717) is 4.90 Å². The van der Waals surface area contributed by atoms with E-state index in [4.69, 9.17) is 4.74 Å². The molecule has 0 amide bonds. The van der Waals surface area contributed by atoms with Gasteiger partial charge in [0.2, 0.25) is 0 Å². The van der Waals surface area contributed by atoms with Gasteiger partial charge in [0.25, 0.3) is 0 Å². The van der Waals surface area contributed by atoms with Crippen LogP contribution in [0, 0.1) is 11.2 Å². The van der Waals surface area contributed by atoms with Gasteiger partial charge in [-0.15, -0.1) is 0 Å². The third-order valence-corrected chi connectivity index (χ3v) is 2.56. The summed E-state index contributed by atoms with van der Waals surface area (Å²) in [7, 11) is 0.385. The number of ether oxygens (including phenoxy) is 1. The highest BCUT2D eigenvalue weighted by atomic mass is 32.2.